The highest BCUT2D eigenvalue weighted by Gasteiger charge is 2.29. The predicted octanol–water partition coefficient (Wildman–Crippen LogP) is -2.89. The van der Waals surface area contributed by atoms with E-state index in [4.69, 9.17) is 26.2 Å². The van der Waals surface area contributed by atoms with Gasteiger partial charge in [0, 0.05) is 0 Å². The van der Waals surface area contributed by atoms with Crippen molar-refractivity contribution in [1.29, 1.82) is 0 Å². The first-order valence-electron chi connectivity index (χ1n) is 7.11. The fraction of sp³-hybridized carbons (Fsp3) is 0.583. The molecular weight excluding hydrogens is 340 g/mol. The molecule has 1 rings (SSSR count). The number of amides is 3. The number of rotatable bonds is 9. The molecular formula is C12H20N6O7. The second-order valence-electron chi connectivity index (χ2n) is 5.18. The van der Waals surface area contributed by atoms with Crippen LogP contribution in [-0.4, -0.2) is 62.1 Å². The van der Waals surface area contributed by atoms with Crippen LogP contribution in [0.25, 0.3) is 0 Å². The average molecular weight is 360 g/mol. The van der Waals surface area contributed by atoms with Gasteiger partial charge in [-0.15, -0.1) is 0 Å². The van der Waals surface area contributed by atoms with Crippen LogP contribution in [-0.2, 0) is 9.59 Å². The van der Waals surface area contributed by atoms with Crippen LogP contribution in [0.1, 0.15) is 37.1 Å². The number of aliphatic hydroxyl groups is 2. The zero-order valence-corrected chi connectivity index (χ0v) is 13.2. The van der Waals surface area contributed by atoms with E-state index in [1.165, 1.54) is 6.92 Å². The van der Waals surface area contributed by atoms with E-state index in [1.807, 2.05) is 5.32 Å². The van der Waals surface area contributed by atoms with Crippen LogP contribution in [0.5, 0.6) is 0 Å². The summed E-state index contributed by atoms with van der Waals surface area (Å²) in [6.07, 6.45) is -1.79. The van der Waals surface area contributed by atoms with Gasteiger partial charge in [-0.2, -0.15) is 4.98 Å². The molecule has 1 unspecified atom stereocenters. The minimum atomic E-state index is -1.57. The van der Waals surface area contributed by atoms with Crippen molar-refractivity contribution in [2.24, 2.45) is 11.5 Å². The molecule has 0 aliphatic carbocycles. The number of carboxylic acids is 1. The molecule has 13 nitrogen and oxygen atoms in total. The SMILES string of the molecule is CC(O)[C@H](NC(=O)N[C@@H](CC(N)=O)c1nc([C@@H](N)CO)no1)C(=O)O. The smallest absolute Gasteiger partial charge is 0.328 e. The molecule has 1 aromatic heterocycles. The molecule has 3 amide bonds. The van der Waals surface area contributed by atoms with E-state index < -0.39 is 55.2 Å². The second kappa shape index (κ2) is 8.91. The summed E-state index contributed by atoms with van der Waals surface area (Å²) < 4.78 is 4.88. The summed E-state index contributed by atoms with van der Waals surface area (Å²) in [5.41, 5.74) is 10.6. The standard InChI is InChI=1S/C12H20N6O7/c1-4(20)8(11(22)23)16-12(24)15-6(2-7(14)21)10-17-9(18-25-10)5(13)3-19/h4-6,8,19-20H,2-3,13H2,1H3,(H2,14,21)(H,22,23)(H2,15,16,24)/t4?,5-,6-,8-/m0/s1. The number of nitrogens with zero attached hydrogens (tertiary/aromatic N) is 2. The maximum absolute atomic E-state index is 11.9. The highest BCUT2D eigenvalue weighted by atomic mass is 16.5. The Bertz CT molecular complexity index is 619. The van der Waals surface area contributed by atoms with Gasteiger partial charge in [-0.05, 0) is 6.92 Å². The van der Waals surface area contributed by atoms with Gasteiger partial charge in [0.1, 0.15) is 6.04 Å². The van der Waals surface area contributed by atoms with Gasteiger partial charge in [0.2, 0.25) is 11.8 Å². The molecule has 0 aromatic carbocycles. The number of carboxylic acid groups (broad SMARTS) is 1. The van der Waals surface area contributed by atoms with Gasteiger partial charge in [0.15, 0.2) is 11.9 Å². The van der Waals surface area contributed by atoms with E-state index in [0.29, 0.717) is 0 Å². The van der Waals surface area contributed by atoms with Gasteiger partial charge in [0.05, 0.1) is 25.2 Å². The van der Waals surface area contributed by atoms with Gasteiger partial charge in [0.25, 0.3) is 0 Å². The molecule has 1 aromatic rings. The Morgan fingerprint density at radius 3 is 2.44 bits per heavy atom. The van der Waals surface area contributed by atoms with Crippen LogP contribution in [0, 0.1) is 0 Å². The molecule has 4 atom stereocenters. The molecule has 0 aliphatic rings. The summed E-state index contributed by atoms with van der Waals surface area (Å²) in [4.78, 5) is 37.9. The fourth-order valence-electron chi connectivity index (χ4n) is 1.75. The van der Waals surface area contributed by atoms with E-state index in [2.05, 4.69) is 15.5 Å². The highest BCUT2D eigenvalue weighted by Crippen LogP contribution is 2.16. The van der Waals surface area contributed by atoms with E-state index in [0.717, 1.165) is 0 Å². The Labute approximate surface area is 141 Å². The number of primary amides is 1. The lowest BCUT2D eigenvalue weighted by atomic mass is 10.2. The van der Waals surface area contributed by atoms with E-state index >= 15 is 0 Å². The van der Waals surface area contributed by atoms with Crippen molar-refractivity contribution in [3.8, 4) is 0 Å². The third-order valence-electron chi connectivity index (χ3n) is 3.03. The lowest BCUT2D eigenvalue weighted by Gasteiger charge is -2.19. The molecule has 0 fully saturated rings. The van der Waals surface area contributed by atoms with E-state index in [1.54, 1.807) is 0 Å². The minimum absolute atomic E-state index is 0.0541. The van der Waals surface area contributed by atoms with Crippen molar-refractivity contribution in [3.63, 3.8) is 0 Å². The molecule has 0 radical (unpaired) electrons. The minimum Gasteiger partial charge on any atom is -0.480 e. The van der Waals surface area contributed by atoms with Gasteiger partial charge >= 0.3 is 12.0 Å². The van der Waals surface area contributed by atoms with E-state index in [9.17, 15) is 19.5 Å². The number of carbonyl (C=O) groups excluding carboxylic acids is 2. The molecule has 0 saturated carbocycles. The first kappa shape index (κ1) is 20.3. The second-order valence-corrected chi connectivity index (χ2v) is 5.18. The van der Waals surface area contributed by atoms with Gasteiger partial charge in [-0.25, -0.2) is 9.59 Å². The van der Waals surface area contributed by atoms with Crippen LogP contribution in [0.2, 0.25) is 0 Å². The van der Waals surface area contributed by atoms with Crippen molar-refractivity contribution in [1.82, 2.24) is 20.8 Å². The van der Waals surface area contributed by atoms with Gasteiger partial charge < -0.3 is 41.9 Å². The van der Waals surface area contributed by atoms with Crippen LogP contribution in [0.15, 0.2) is 4.52 Å². The summed E-state index contributed by atoms with van der Waals surface area (Å²) in [5, 5.41) is 35.0. The third kappa shape index (κ3) is 5.98. The number of nitrogens with two attached hydrogens (primary N) is 2. The van der Waals surface area contributed by atoms with Crippen molar-refractivity contribution in [2.45, 2.75) is 37.6 Å². The fourth-order valence-corrected chi connectivity index (χ4v) is 1.75. The molecule has 0 saturated heterocycles. The van der Waals surface area contributed by atoms with E-state index in [-0.39, 0.29) is 11.7 Å². The van der Waals surface area contributed by atoms with Crippen LogP contribution < -0.4 is 22.1 Å². The number of nitrogens with one attached hydrogen (secondary N) is 2. The summed E-state index contributed by atoms with van der Waals surface area (Å²) in [7, 11) is 0. The number of hydrogen-bond donors (Lipinski definition) is 7. The quantitative estimate of drug-likeness (QED) is 0.238. The third-order valence-corrected chi connectivity index (χ3v) is 3.03. The summed E-state index contributed by atoms with van der Waals surface area (Å²) in [5.74, 6) is -2.52. The number of carbonyl (C=O) groups is 3. The Morgan fingerprint density at radius 1 is 1.32 bits per heavy atom. The molecule has 9 N–H and O–H groups in total. The molecule has 0 aliphatic heterocycles. The monoisotopic (exact) mass is 360 g/mol. The predicted molar refractivity (Wildman–Crippen MR) is 79.6 cm³/mol. The zero-order valence-electron chi connectivity index (χ0n) is 13.2. The van der Waals surface area contributed by atoms with Crippen molar-refractivity contribution < 1.29 is 34.2 Å². The topological polar surface area (TPSA) is 227 Å². The first-order valence-corrected chi connectivity index (χ1v) is 7.11. The number of hydrogen-bond acceptors (Lipinski definition) is 9. The van der Waals surface area contributed by atoms with Crippen LogP contribution in [0.3, 0.4) is 0 Å². The highest BCUT2D eigenvalue weighted by molar-refractivity contribution is 5.83. The lowest BCUT2D eigenvalue weighted by Crippen LogP contribution is -2.52. The molecule has 0 spiro atoms. The number of aliphatic hydroxyl groups excluding tert-OH is 2. The normalized spacial score (nSPS) is 15.7. The number of aromatic nitrogens is 2. The van der Waals surface area contributed by atoms with Crippen molar-refractivity contribution in [3.05, 3.63) is 11.7 Å². The maximum atomic E-state index is 11.9. The summed E-state index contributed by atoms with van der Waals surface area (Å²) >= 11 is 0. The van der Waals surface area contributed by atoms with Crippen LogP contribution >= 0.6 is 0 Å². The molecule has 25 heavy (non-hydrogen) atoms. The Kier molecular flexibility index (Phi) is 7.22. The summed E-state index contributed by atoms with van der Waals surface area (Å²) in [6, 6.07) is -4.67. The Hall–Kier alpha value is -2.77. The molecule has 140 valence electrons. The van der Waals surface area contributed by atoms with Gasteiger partial charge in [-0.3, -0.25) is 4.79 Å². The van der Waals surface area contributed by atoms with Gasteiger partial charge in [-0.1, -0.05) is 5.16 Å². The molecule has 1 heterocycles. The Balaban J connectivity index is 2.89. The summed E-state index contributed by atoms with van der Waals surface area (Å²) in [6.45, 7) is 0.725. The van der Waals surface area contributed by atoms with Crippen molar-refractivity contribution >= 4 is 17.9 Å². The number of urea groups is 1. The average Bonchev–Trinajstić information content (AvgIpc) is 3.00. The lowest BCUT2D eigenvalue weighted by molar-refractivity contribution is -0.141. The van der Waals surface area contributed by atoms with Crippen LogP contribution in [0.4, 0.5) is 4.79 Å². The Morgan fingerprint density at radius 2 is 1.96 bits per heavy atom. The molecule has 0 bridgehead atoms. The largest absolute Gasteiger partial charge is 0.480 e. The molecule has 13 heteroatoms. The zero-order chi connectivity index (χ0) is 19.1. The van der Waals surface area contributed by atoms with Crippen molar-refractivity contribution in [2.75, 3.05) is 6.61 Å². The first-order chi connectivity index (χ1) is 11.6. The maximum Gasteiger partial charge on any atom is 0.328 e. The number of aliphatic carboxylic acids is 1.